The van der Waals surface area contributed by atoms with E-state index < -0.39 is 0 Å². The lowest BCUT2D eigenvalue weighted by Gasteiger charge is -1.97. The summed E-state index contributed by atoms with van der Waals surface area (Å²) in [6.07, 6.45) is 3.27. The van der Waals surface area contributed by atoms with Crippen LogP contribution < -0.4 is 5.32 Å². The monoisotopic (exact) mass is 249 g/mol. The Hall–Kier alpha value is -1.66. The molecule has 0 aliphatic heterocycles. The molecular weight excluding hydrogens is 242 g/mol. The quantitative estimate of drug-likeness (QED) is 0.733. The van der Waals surface area contributed by atoms with Crippen LogP contribution in [-0.4, -0.2) is 15.9 Å². The summed E-state index contributed by atoms with van der Waals surface area (Å²) in [5, 5.41) is 4.72. The van der Waals surface area contributed by atoms with E-state index in [2.05, 4.69) is 15.3 Å². The Morgan fingerprint density at radius 1 is 1.44 bits per heavy atom. The number of nitrogens with one attached hydrogen (secondary N) is 2. The Labute approximate surface area is 99.0 Å². The van der Waals surface area contributed by atoms with Gasteiger partial charge in [-0.05, 0) is 17.5 Å². The fourth-order valence-corrected chi connectivity index (χ4v) is 3.38. The molecule has 0 unspecified atom stereocenters. The summed E-state index contributed by atoms with van der Waals surface area (Å²) in [6, 6.07) is 3.93. The van der Waals surface area contributed by atoms with Gasteiger partial charge in [-0.15, -0.1) is 22.7 Å². The molecule has 0 fully saturated rings. The summed E-state index contributed by atoms with van der Waals surface area (Å²) in [4.78, 5) is 19.3. The van der Waals surface area contributed by atoms with Gasteiger partial charge in [-0.25, -0.2) is 4.98 Å². The van der Waals surface area contributed by atoms with Crippen LogP contribution in [-0.2, 0) is 0 Å². The summed E-state index contributed by atoms with van der Waals surface area (Å²) in [5.74, 6) is 0.352. The predicted octanol–water partition coefficient (Wildman–Crippen LogP) is 2.94. The number of amides is 1. The molecule has 0 aromatic carbocycles. The molecule has 0 radical (unpaired) electrons. The van der Waals surface area contributed by atoms with Gasteiger partial charge in [0.2, 0.25) is 5.95 Å². The lowest BCUT2D eigenvalue weighted by Crippen LogP contribution is -2.11. The van der Waals surface area contributed by atoms with Crippen molar-refractivity contribution in [3.05, 3.63) is 34.8 Å². The van der Waals surface area contributed by atoms with Crippen molar-refractivity contribution in [1.29, 1.82) is 0 Å². The molecule has 4 nitrogen and oxygen atoms in total. The summed E-state index contributed by atoms with van der Waals surface area (Å²) in [6.45, 7) is 0. The highest BCUT2D eigenvalue weighted by atomic mass is 32.1. The highest BCUT2D eigenvalue weighted by Gasteiger charge is 2.11. The van der Waals surface area contributed by atoms with E-state index in [4.69, 9.17) is 0 Å². The Balaban J connectivity index is 1.87. The molecule has 3 aromatic rings. The van der Waals surface area contributed by atoms with E-state index in [0.29, 0.717) is 10.8 Å². The highest BCUT2D eigenvalue weighted by Crippen LogP contribution is 2.30. The minimum atomic E-state index is -0.122. The van der Waals surface area contributed by atoms with Crippen LogP contribution in [0.3, 0.4) is 0 Å². The maximum atomic E-state index is 11.8. The van der Waals surface area contributed by atoms with Crippen molar-refractivity contribution in [2.75, 3.05) is 5.32 Å². The maximum absolute atomic E-state index is 11.8. The normalized spacial score (nSPS) is 10.8. The van der Waals surface area contributed by atoms with Gasteiger partial charge in [0.05, 0.1) is 4.88 Å². The second-order valence-corrected chi connectivity index (χ2v) is 5.18. The van der Waals surface area contributed by atoms with Crippen molar-refractivity contribution < 1.29 is 4.79 Å². The van der Waals surface area contributed by atoms with Gasteiger partial charge in [-0.1, -0.05) is 0 Å². The van der Waals surface area contributed by atoms with Crippen LogP contribution in [0.5, 0.6) is 0 Å². The Morgan fingerprint density at radius 3 is 3.12 bits per heavy atom. The zero-order valence-electron chi connectivity index (χ0n) is 8.06. The molecule has 3 aromatic heterocycles. The van der Waals surface area contributed by atoms with Crippen molar-refractivity contribution >= 4 is 43.9 Å². The number of nitrogens with zero attached hydrogens (tertiary/aromatic N) is 1. The van der Waals surface area contributed by atoms with Crippen LogP contribution in [0, 0.1) is 0 Å². The van der Waals surface area contributed by atoms with E-state index >= 15 is 0 Å². The number of aromatic amines is 1. The lowest BCUT2D eigenvalue weighted by atomic mass is 10.4. The van der Waals surface area contributed by atoms with E-state index in [9.17, 15) is 4.79 Å². The number of aromatic nitrogens is 2. The molecule has 0 saturated heterocycles. The predicted molar refractivity (Wildman–Crippen MR) is 66.2 cm³/mol. The molecule has 0 aliphatic rings. The molecule has 16 heavy (non-hydrogen) atoms. The fourth-order valence-electron chi connectivity index (χ4n) is 1.38. The Kier molecular flexibility index (Phi) is 2.23. The van der Waals surface area contributed by atoms with Crippen LogP contribution in [0.2, 0.25) is 0 Å². The minimum Gasteiger partial charge on any atom is -0.331 e. The van der Waals surface area contributed by atoms with E-state index in [1.165, 1.54) is 11.3 Å². The topological polar surface area (TPSA) is 57.8 Å². The number of imidazole rings is 1. The SMILES string of the molecule is O=C(Nc1ncc[nH]1)c1cc2sccc2s1. The maximum Gasteiger partial charge on any atom is 0.268 e. The van der Waals surface area contributed by atoms with Gasteiger partial charge in [0.25, 0.3) is 5.91 Å². The average Bonchev–Trinajstić information content (AvgIpc) is 2.91. The van der Waals surface area contributed by atoms with E-state index in [0.717, 1.165) is 9.40 Å². The van der Waals surface area contributed by atoms with Gasteiger partial charge in [0, 0.05) is 21.8 Å². The summed E-state index contributed by atoms with van der Waals surface area (Å²) >= 11 is 3.13. The first-order chi connectivity index (χ1) is 7.83. The molecule has 3 rings (SSSR count). The first kappa shape index (κ1) is 9.56. The number of thiophene rings is 2. The largest absolute Gasteiger partial charge is 0.331 e. The van der Waals surface area contributed by atoms with E-state index in [-0.39, 0.29) is 5.91 Å². The number of rotatable bonds is 2. The van der Waals surface area contributed by atoms with Crippen molar-refractivity contribution in [3.8, 4) is 0 Å². The first-order valence-corrected chi connectivity index (χ1v) is 6.30. The number of hydrogen-bond donors (Lipinski definition) is 2. The zero-order chi connectivity index (χ0) is 11.0. The van der Waals surface area contributed by atoms with E-state index in [1.54, 1.807) is 23.7 Å². The van der Waals surface area contributed by atoms with Gasteiger partial charge in [0.1, 0.15) is 0 Å². The van der Waals surface area contributed by atoms with Crippen molar-refractivity contribution in [2.24, 2.45) is 0 Å². The molecule has 1 amide bonds. The van der Waals surface area contributed by atoms with Gasteiger partial charge in [0.15, 0.2) is 0 Å². The summed E-state index contributed by atoms with van der Waals surface area (Å²) in [5.41, 5.74) is 0. The number of carbonyl (C=O) groups excluding carboxylic acids is 1. The van der Waals surface area contributed by atoms with Crippen molar-refractivity contribution in [1.82, 2.24) is 9.97 Å². The van der Waals surface area contributed by atoms with Crippen LogP contribution >= 0.6 is 22.7 Å². The van der Waals surface area contributed by atoms with Gasteiger partial charge < -0.3 is 4.98 Å². The lowest BCUT2D eigenvalue weighted by molar-refractivity contribution is 0.103. The number of H-pyrrole nitrogens is 1. The van der Waals surface area contributed by atoms with Gasteiger partial charge in [-0.2, -0.15) is 0 Å². The minimum absolute atomic E-state index is 0.122. The van der Waals surface area contributed by atoms with Crippen molar-refractivity contribution in [3.63, 3.8) is 0 Å². The molecule has 0 bridgehead atoms. The highest BCUT2D eigenvalue weighted by molar-refractivity contribution is 7.27. The molecule has 80 valence electrons. The molecule has 0 saturated carbocycles. The third-order valence-corrected chi connectivity index (χ3v) is 4.19. The Bertz CT molecular complexity index is 595. The average molecular weight is 249 g/mol. The van der Waals surface area contributed by atoms with Crippen LogP contribution in [0.4, 0.5) is 5.95 Å². The second kappa shape index (κ2) is 3.73. The summed E-state index contributed by atoms with van der Waals surface area (Å²) in [7, 11) is 0. The number of hydrogen-bond acceptors (Lipinski definition) is 4. The van der Waals surface area contributed by atoms with E-state index in [1.807, 2.05) is 17.5 Å². The third-order valence-electron chi connectivity index (χ3n) is 2.09. The zero-order valence-corrected chi connectivity index (χ0v) is 9.69. The van der Waals surface area contributed by atoms with Gasteiger partial charge in [-0.3, -0.25) is 10.1 Å². The fraction of sp³-hybridized carbons (Fsp3) is 0. The Morgan fingerprint density at radius 2 is 2.38 bits per heavy atom. The van der Waals surface area contributed by atoms with Crippen LogP contribution in [0.25, 0.3) is 9.40 Å². The van der Waals surface area contributed by atoms with Gasteiger partial charge >= 0.3 is 0 Å². The van der Waals surface area contributed by atoms with Crippen LogP contribution in [0.1, 0.15) is 9.67 Å². The molecule has 2 N–H and O–H groups in total. The number of anilines is 1. The third kappa shape index (κ3) is 1.62. The number of carbonyl (C=O) groups is 1. The van der Waals surface area contributed by atoms with Crippen molar-refractivity contribution in [2.45, 2.75) is 0 Å². The molecule has 0 aliphatic carbocycles. The molecule has 0 spiro atoms. The smallest absolute Gasteiger partial charge is 0.268 e. The number of fused-ring (bicyclic) bond motifs is 1. The summed E-state index contributed by atoms with van der Waals surface area (Å²) < 4.78 is 2.30. The first-order valence-electron chi connectivity index (χ1n) is 4.61. The second-order valence-electron chi connectivity index (χ2n) is 3.15. The molecular formula is C10H7N3OS2. The molecule has 6 heteroatoms. The molecule has 0 atom stereocenters. The molecule has 3 heterocycles. The standard InChI is InChI=1S/C10H7N3OS2/c14-9(13-10-11-2-3-12-10)8-5-7-6(16-8)1-4-15-7/h1-5H,(H2,11,12,13,14). The van der Waals surface area contributed by atoms with Crippen LogP contribution in [0.15, 0.2) is 29.9 Å².